The number of fused-ring (bicyclic) bond motifs is 1. The monoisotopic (exact) mass is 156 g/mol. The Bertz CT molecular complexity index is 303. The van der Waals surface area contributed by atoms with Crippen molar-refractivity contribution in [3.8, 4) is 0 Å². The second-order valence-electron chi connectivity index (χ2n) is 3.80. The van der Waals surface area contributed by atoms with Gasteiger partial charge in [0.05, 0.1) is 0 Å². The van der Waals surface area contributed by atoms with E-state index in [2.05, 4.69) is 36.4 Å². The normalized spacial score (nSPS) is 30.3. The van der Waals surface area contributed by atoms with Gasteiger partial charge in [0.1, 0.15) is 0 Å². The van der Waals surface area contributed by atoms with Gasteiger partial charge in [-0.2, -0.15) is 0 Å². The Labute approximate surface area is 72.9 Å². The van der Waals surface area contributed by atoms with Crippen molar-refractivity contribution in [1.82, 2.24) is 0 Å². The fraction of sp³-hybridized carbons (Fsp3) is 0.333. The van der Waals surface area contributed by atoms with Gasteiger partial charge in [0.15, 0.2) is 0 Å². The molecule has 0 amide bonds. The van der Waals surface area contributed by atoms with Crippen LogP contribution in [0, 0.1) is 0 Å². The zero-order valence-corrected chi connectivity index (χ0v) is 7.03. The van der Waals surface area contributed by atoms with Crippen LogP contribution >= 0.6 is 0 Å². The van der Waals surface area contributed by atoms with E-state index in [1.165, 1.54) is 12.8 Å². The van der Waals surface area contributed by atoms with Crippen LogP contribution in [0.4, 0.5) is 0 Å². The molecule has 0 heterocycles. The highest BCUT2D eigenvalue weighted by Crippen LogP contribution is 2.44. The molecule has 2 bridgehead atoms. The smallest absolute Gasteiger partial charge is 0.00214 e. The van der Waals surface area contributed by atoms with E-state index in [1.807, 2.05) is 0 Å². The van der Waals surface area contributed by atoms with Crippen LogP contribution in [0.2, 0.25) is 0 Å². The summed E-state index contributed by atoms with van der Waals surface area (Å²) in [6.07, 6.45) is 7.49. The summed E-state index contributed by atoms with van der Waals surface area (Å²) in [7, 11) is 0. The number of allylic oxidation sites excluding steroid dienone is 2. The van der Waals surface area contributed by atoms with Gasteiger partial charge in [-0.1, -0.05) is 36.4 Å². The molecule has 1 aromatic carbocycles. The Morgan fingerprint density at radius 1 is 0.833 bits per heavy atom. The van der Waals surface area contributed by atoms with Crippen LogP contribution in [-0.2, 0) is 0 Å². The maximum Gasteiger partial charge on any atom is 0.00214 e. The SMILES string of the molecule is C1=C[C@H]2CCC1c1ccccc12. The average Bonchev–Trinajstić information content (AvgIpc) is 2.20. The summed E-state index contributed by atoms with van der Waals surface area (Å²) in [5, 5.41) is 0. The molecule has 0 spiro atoms. The van der Waals surface area contributed by atoms with Crippen molar-refractivity contribution in [2.45, 2.75) is 24.7 Å². The molecule has 3 aliphatic carbocycles. The van der Waals surface area contributed by atoms with Crippen LogP contribution in [-0.4, -0.2) is 0 Å². The lowest BCUT2D eigenvalue weighted by Crippen LogP contribution is -2.16. The van der Waals surface area contributed by atoms with Crippen LogP contribution in [0.3, 0.4) is 0 Å². The fourth-order valence-corrected chi connectivity index (χ4v) is 2.52. The second kappa shape index (κ2) is 2.22. The Hall–Kier alpha value is -1.04. The quantitative estimate of drug-likeness (QED) is 0.506. The van der Waals surface area contributed by atoms with Crippen molar-refractivity contribution in [2.75, 3.05) is 0 Å². The molecule has 0 aromatic heterocycles. The summed E-state index contributed by atoms with van der Waals surface area (Å²) in [4.78, 5) is 0. The van der Waals surface area contributed by atoms with Gasteiger partial charge in [-0.15, -0.1) is 0 Å². The van der Waals surface area contributed by atoms with Crippen LogP contribution in [0.25, 0.3) is 0 Å². The van der Waals surface area contributed by atoms with Gasteiger partial charge < -0.3 is 0 Å². The second-order valence-corrected chi connectivity index (χ2v) is 3.80. The van der Waals surface area contributed by atoms with Gasteiger partial charge in [0.25, 0.3) is 0 Å². The molecule has 60 valence electrons. The molecule has 0 saturated carbocycles. The van der Waals surface area contributed by atoms with Crippen LogP contribution in [0.1, 0.15) is 35.8 Å². The van der Waals surface area contributed by atoms with Gasteiger partial charge >= 0.3 is 0 Å². The molecule has 0 N–H and O–H groups in total. The Kier molecular flexibility index (Phi) is 1.20. The topological polar surface area (TPSA) is 0 Å². The number of hydrogen-bond donors (Lipinski definition) is 0. The number of rotatable bonds is 0. The fourth-order valence-electron chi connectivity index (χ4n) is 2.52. The van der Waals surface area contributed by atoms with E-state index in [0.717, 1.165) is 11.8 Å². The Balaban J connectivity index is 2.24. The lowest BCUT2D eigenvalue weighted by molar-refractivity contribution is 0.553. The highest BCUT2D eigenvalue weighted by Gasteiger charge is 2.27. The third-order valence-corrected chi connectivity index (χ3v) is 3.16. The summed E-state index contributed by atoms with van der Waals surface area (Å²) in [5.74, 6) is 1.46. The van der Waals surface area contributed by atoms with Gasteiger partial charge in [0, 0.05) is 11.8 Å². The van der Waals surface area contributed by atoms with Gasteiger partial charge in [0.2, 0.25) is 0 Å². The highest BCUT2D eigenvalue weighted by molar-refractivity contribution is 5.43. The predicted molar refractivity (Wildman–Crippen MR) is 50.3 cm³/mol. The van der Waals surface area contributed by atoms with Gasteiger partial charge in [-0.3, -0.25) is 0 Å². The van der Waals surface area contributed by atoms with Crippen molar-refractivity contribution in [3.05, 3.63) is 47.5 Å². The van der Waals surface area contributed by atoms with Gasteiger partial charge in [-0.25, -0.2) is 0 Å². The molecule has 0 heteroatoms. The first-order valence-corrected chi connectivity index (χ1v) is 4.72. The minimum atomic E-state index is 0.728. The lowest BCUT2D eigenvalue weighted by atomic mass is 9.72. The Morgan fingerprint density at radius 3 is 1.75 bits per heavy atom. The summed E-state index contributed by atoms with van der Waals surface area (Å²) in [5.41, 5.74) is 3.16. The number of benzene rings is 1. The zero-order chi connectivity index (χ0) is 7.97. The standard InChI is InChI=1S/C12H12/c1-2-4-12-10-7-5-9(6-8-10)11(12)3-1/h1-5,7,9-10H,6,8H2/t9-,10?/m0/s1. The largest absolute Gasteiger partial charge is 0.0804 e. The molecule has 1 unspecified atom stereocenters. The van der Waals surface area contributed by atoms with Crippen LogP contribution in [0.15, 0.2) is 36.4 Å². The van der Waals surface area contributed by atoms with E-state index < -0.39 is 0 Å². The van der Waals surface area contributed by atoms with Crippen molar-refractivity contribution in [2.24, 2.45) is 0 Å². The highest BCUT2D eigenvalue weighted by atomic mass is 14.3. The molecular formula is C12H12. The van der Waals surface area contributed by atoms with Gasteiger partial charge in [-0.05, 0) is 24.0 Å². The molecule has 0 radical (unpaired) electrons. The minimum absolute atomic E-state index is 0.728. The molecule has 3 aliphatic rings. The molecule has 0 fully saturated rings. The molecule has 12 heavy (non-hydrogen) atoms. The van der Waals surface area contributed by atoms with E-state index in [0.29, 0.717) is 0 Å². The zero-order valence-electron chi connectivity index (χ0n) is 7.03. The summed E-state index contributed by atoms with van der Waals surface area (Å²) >= 11 is 0. The first-order chi connectivity index (χ1) is 5.95. The maximum absolute atomic E-state index is 2.39. The van der Waals surface area contributed by atoms with Crippen molar-refractivity contribution >= 4 is 0 Å². The van der Waals surface area contributed by atoms with E-state index in [1.54, 1.807) is 11.1 Å². The molecule has 0 nitrogen and oxygen atoms in total. The molecule has 2 atom stereocenters. The molecular weight excluding hydrogens is 144 g/mol. The first-order valence-electron chi connectivity index (χ1n) is 4.72. The summed E-state index contributed by atoms with van der Waals surface area (Å²) < 4.78 is 0. The average molecular weight is 156 g/mol. The van der Waals surface area contributed by atoms with E-state index in [9.17, 15) is 0 Å². The molecule has 0 aliphatic heterocycles. The Morgan fingerprint density at radius 2 is 1.33 bits per heavy atom. The van der Waals surface area contributed by atoms with Crippen LogP contribution in [0.5, 0.6) is 0 Å². The van der Waals surface area contributed by atoms with Crippen LogP contribution < -0.4 is 0 Å². The van der Waals surface area contributed by atoms with Crippen molar-refractivity contribution in [1.29, 1.82) is 0 Å². The van der Waals surface area contributed by atoms with E-state index >= 15 is 0 Å². The molecule has 0 saturated heterocycles. The lowest BCUT2D eigenvalue weighted by Gasteiger charge is -2.33. The van der Waals surface area contributed by atoms with E-state index in [-0.39, 0.29) is 0 Å². The number of hydrogen-bond acceptors (Lipinski definition) is 0. The third kappa shape index (κ3) is 0.726. The van der Waals surface area contributed by atoms with Crippen molar-refractivity contribution in [3.63, 3.8) is 0 Å². The molecule has 4 rings (SSSR count). The third-order valence-electron chi connectivity index (χ3n) is 3.16. The van der Waals surface area contributed by atoms with E-state index in [4.69, 9.17) is 0 Å². The molecule has 1 aromatic rings. The first kappa shape index (κ1) is 6.47. The van der Waals surface area contributed by atoms with Crippen molar-refractivity contribution < 1.29 is 0 Å². The predicted octanol–water partition coefficient (Wildman–Crippen LogP) is 3.22. The summed E-state index contributed by atoms with van der Waals surface area (Å²) in [6.45, 7) is 0. The maximum atomic E-state index is 2.39. The summed E-state index contributed by atoms with van der Waals surface area (Å²) in [6, 6.07) is 8.89. The minimum Gasteiger partial charge on any atom is -0.0804 e.